The number of halogens is 1. The lowest BCUT2D eigenvalue weighted by Crippen LogP contribution is -2.14. The number of alkyl halides is 1. The molecule has 0 saturated carbocycles. The molecule has 2 aromatic heterocycles. The molecular weight excluding hydrogens is 280 g/mol. The number of rotatable bonds is 5. The van der Waals surface area contributed by atoms with E-state index in [4.69, 9.17) is 16.6 Å². The predicted molar refractivity (Wildman–Crippen MR) is 83.2 cm³/mol. The minimum absolute atomic E-state index is 0.0964. The van der Waals surface area contributed by atoms with Crippen molar-refractivity contribution >= 4 is 34.5 Å². The molecule has 4 nitrogen and oxygen atoms in total. The first-order valence-corrected chi connectivity index (χ1v) is 8.19. The van der Waals surface area contributed by atoms with Gasteiger partial charge in [0.25, 0.3) is 0 Å². The van der Waals surface area contributed by atoms with Crippen molar-refractivity contribution in [3.63, 3.8) is 0 Å². The van der Waals surface area contributed by atoms with Crippen molar-refractivity contribution in [1.82, 2.24) is 19.3 Å². The second-order valence-corrected chi connectivity index (χ2v) is 6.82. The molecule has 106 valence electrons. The van der Waals surface area contributed by atoms with Crippen LogP contribution in [0.1, 0.15) is 43.7 Å². The summed E-state index contributed by atoms with van der Waals surface area (Å²) in [6.07, 6.45) is 0. The Labute approximate surface area is 123 Å². The third kappa shape index (κ3) is 2.63. The monoisotopic (exact) mass is 300 g/mol. The number of hydrogen-bond acceptors (Lipinski definition) is 3. The van der Waals surface area contributed by atoms with Crippen molar-refractivity contribution in [3.05, 3.63) is 11.5 Å². The molecule has 0 aliphatic heterocycles. The average molecular weight is 301 g/mol. The molecule has 0 radical (unpaired) electrons. The van der Waals surface area contributed by atoms with E-state index in [0.29, 0.717) is 6.04 Å². The second kappa shape index (κ2) is 5.75. The van der Waals surface area contributed by atoms with E-state index in [1.807, 2.05) is 37.3 Å². The van der Waals surface area contributed by atoms with Crippen molar-refractivity contribution in [2.24, 2.45) is 7.05 Å². The van der Waals surface area contributed by atoms with Crippen LogP contribution in [0.4, 0.5) is 0 Å². The number of imidazole rings is 1. The van der Waals surface area contributed by atoms with Gasteiger partial charge >= 0.3 is 0 Å². The lowest BCUT2D eigenvalue weighted by molar-refractivity contribution is 0.573. The van der Waals surface area contributed by atoms with E-state index in [1.165, 1.54) is 0 Å². The molecule has 0 saturated heterocycles. The Kier molecular flexibility index (Phi) is 4.46. The maximum Gasteiger partial charge on any atom is 0.158 e. The maximum atomic E-state index is 6.30. The zero-order valence-corrected chi connectivity index (χ0v) is 13.7. The van der Waals surface area contributed by atoms with Gasteiger partial charge in [0.15, 0.2) is 5.65 Å². The molecule has 0 bridgehead atoms. The Bertz CT molecular complexity index is 573. The number of aromatic nitrogens is 4. The van der Waals surface area contributed by atoms with Crippen LogP contribution in [0.2, 0.25) is 0 Å². The number of hydrogen-bond donors (Lipinski definition) is 0. The minimum Gasteiger partial charge on any atom is -0.308 e. The Hall–Kier alpha value is -0.680. The van der Waals surface area contributed by atoms with Crippen molar-refractivity contribution in [2.75, 3.05) is 11.5 Å². The first-order chi connectivity index (χ1) is 8.97. The molecule has 0 aliphatic carbocycles. The van der Waals surface area contributed by atoms with E-state index in [2.05, 4.69) is 23.5 Å². The Balaban J connectivity index is 2.57. The molecule has 19 heavy (non-hydrogen) atoms. The first kappa shape index (κ1) is 14.7. The van der Waals surface area contributed by atoms with Gasteiger partial charge in [0.1, 0.15) is 11.3 Å². The molecular formula is C13H21ClN4S. The van der Waals surface area contributed by atoms with E-state index in [9.17, 15) is 0 Å². The Morgan fingerprint density at radius 1 is 1.37 bits per heavy atom. The van der Waals surface area contributed by atoms with Crippen LogP contribution in [-0.4, -0.2) is 30.8 Å². The lowest BCUT2D eigenvalue weighted by Gasteiger charge is -2.18. The van der Waals surface area contributed by atoms with E-state index in [0.717, 1.165) is 34.2 Å². The molecule has 0 spiro atoms. The van der Waals surface area contributed by atoms with Crippen LogP contribution in [-0.2, 0) is 7.05 Å². The van der Waals surface area contributed by atoms with Crippen LogP contribution < -0.4 is 0 Å². The van der Waals surface area contributed by atoms with Crippen molar-refractivity contribution < 1.29 is 0 Å². The smallest absolute Gasteiger partial charge is 0.158 e. The number of nitrogens with zero attached hydrogens (tertiary/aromatic N) is 4. The summed E-state index contributed by atoms with van der Waals surface area (Å²) in [5, 5.41) is 4.36. The highest BCUT2D eigenvalue weighted by Crippen LogP contribution is 2.30. The van der Waals surface area contributed by atoms with E-state index < -0.39 is 0 Å². The molecule has 2 aromatic rings. The van der Waals surface area contributed by atoms with Gasteiger partial charge in [0, 0.05) is 18.8 Å². The number of thioether (sulfide) groups is 1. The molecule has 0 aliphatic rings. The van der Waals surface area contributed by atoms with E-state index >= 15 is 0 Å². The first-order valence-electron chi connectivity index (χ1n) is 6.60. The highest BCUT2D eigenvalue weighted by atomic mass is 35.5. The van der Waals surface area contributed by atoms with Crippen LogP contribution in [0.15, 0.2) is 0 Å². The minimum atomic E-state index is -0.0964. The van der Waals surface area contributed by atoms with E-state index in [-0.39, 0.29) is 5.38 Å². The van der Waals surface area contributed by atoms with Gasteiger partial charge < -0.3 is 4.57 Å². The van der Waals surface area contributed by atoms with Crippen molar-refractivity contribution in [3.8, 4) is 0 Å². The van der Waals surface area contributed by atoms with Crippen LogP contribution in [0.25, 0.3) is 11.2 Å². The summed E-state index contributed by atoms with van der Waals surface area (Å²) in [4.78, 5) is 4.70. The van der Waals surface area contributed by atoms with Crippen LogP contribution >= 0.6 is 23.4 Å². The molecule has 0 N–H and O–H groups in total. The normalized spacial score (nSPS) is 15.1. The fraction of sp³-hybridized carbons (Fsp3) is 0.692. The fourth-order valence-electron chi connectivity index (χ4n) is 2.39. The van der Waals surface area contributed by atoms with Gasteiger partial charge in [-0.3, -0.25) is 4.68 Å². The standard InChI is InChI=1S/C13H21ClN4S/c1-6-19-7-8(2)18-12(9(3)14)15-11-10(4)16-17(5)13(11)18/h8-9H,6-7H2,1-5H3. The zero-order valence-electron chi connectivity index (χ0n) is 12.1. The number of fused-ring (bicyclic) bond motifs is 1. The quantitative estimate of drug-likeness (QED) is 0.790. The summed E-state index contributed by atoms with van der Waals surface area (Å²) in [6.45, 7) is 8.37. The Morgan fingerprint density at radius 2 is 2.05 bits per heavy atom. The fourth-order valence-corrected chi connectivity index (χ4v) is 3.27. The largest absolute Gasteiger partial charge is 0.308 e. The van der Waals surface area contributed by atoms with Gasteiger partial charge in [-0.05, 0) is 26.5 Å². The van der Waals surface area contributed by atoms with Gasteiger partial charge in [-0.25, -0.2) is 4.98 Å². The summed E-state index contributed by atoms with van der Waals surface area (Å²) in [5.74, 6) is 3.12. The summed E-state index contributed by atoms with van der Waals surface area (Å²) in [6, 6.07) is 0.362. The van der Waals surface area contributed by atoms with Gasteiger partial charge in [0.05, 0.1) is 11.1 Å². The van der Waals surface area contributed by atoms with E-state index in [1.54, 1.807) is 0 Å². The molecule has 6 heteroatoms. The van der Waals surface area contributed by atoms with Gasteiger partial charge in [-0.1, -0.05) is 6.92 Å². The molecule has 2 rings (SSSR count). The SMILES string of the molecule is CCSCC(C)n1c(C(C)Cl)nc2c(C)nn(C)c21. The lowest BCUT2D eigenvalue weighted by atomic mass is 10.3. The third-order valence-electron chi connectivity index (χ3n) is 3.22. The third-order valence-corrected chi connectivity index (χ3v) is 4.54. The van der Waals surface area contributed by atoms with Crippen molar-refractivity contribution in [1.29, 1.82) is 0 Å². The molecule has 2 heterocycles. The zero-order chi connectivity index (χ0) is 14.2. The molecule has 0 fully saturated rings. The highest BCUT2D eigenvalue weighted by molar-refractivity contribution is 7.99. The second-order valence-electron chi connectivity index (χ2n) is 4.85. The van der Waals surface area contributed by atoms with Gasteiger partial charge in [-0.15, -0.1) is 11.6 Å². The van der Waals surface area contributed by atoms with Crippen LogP contribution in [0.5, 0.6) is 0 Å². The maximum absolute atomic E-state index is 6.30. The molecule has 2 atom stereocenters. The molecule has 0 amide bonds. The highest BCUT2D eigenvalue weighted by Gasteiger charge is 2.23. The summed E-state index contributed by atoms with van der Waals surface area (Å²) in [7, 11) is 1.97. The van der Waals surface area contributed by atoms with Crippen LogP contribution in [0.3, 0.4) is 0 Å². The van der Waals surface area contributed by atoms with Crippen LogP contribution in [0, 0.1) is 6.92 Å². The summed E-state index contributed by atoms with van der Waals surface area (Å²) >= 11 is 8.23. The number of aryl methyl sites for hydroxylation is 2. The topological polar surface area (TPSA) is 35.6 Å². The molecule has 2 unspecified atom stereocenters. The average Bonchev–Trinajstić information content (AvgIpc) is 2.86. The van der Waals surface area contributed by atoms with Crippen molar-refractivity contribution in [2.45, 2.75) is 39.1 Å². The molecule has 0 aromatic carbocycles. The van der Waals surface area contributed by atoms with Gasteiger partial charge in [-0.2, -0.15) is 16.9 Å². The predicted octanol–water partition coefficient (Wildman–Crippen LogP) is 3.69. The summed E-state index contributed by atoms with van der Waals surface area (Å²) < 4.78 is 4.16. The van der Waals surface area contributed by atoms with Gasteiger partial charge in [0.2, 0.25) is 0 Å². The summed E-state index contributed by atoms with van der Waals surface area (Å²) in [5.41, 5.74) is 3.01. The Morgan fingerprint density at radius 3 is 2.63 bits per heavy atom.